The van der Waals surface area contributed by atoms with E-state index < -0.39 is 40.9 Å². The monoisotopic (exact) mass is 678 g/mol. The van der Waals surface area contributed by atoms with E-state index in [-0.39, 0.29) is 36.4 Å². The van der Waals surface area contributed by atoms with Gasteiger partial charge in [-0.25, -0.2) is 4.90 Å². The van der Waals surface area contributed by atoms with Crippen molar-refractivity contribution in [3.63, 3.8) is 0 Å². The third-order valence-corrected chi connectivity index (χ3v) is 11.8. The number of hydrogen-bond acceptors (Lipinski definition) is 7. The number of benzene rings is 3. The number of nitrogens with zero attached hydrogens (tertiary/aromatic N) is 2. The van der Waals surface area contributed by atoms with Gasteiger partial charge in [0, 0.05) is 27.4 Å². The van der Waals surface area contributed by atoms with Gasteiger partial charge >= 0.3 is 0 Å². The zero-order chi connectivity index (χ0) is 33.3. The van der Waals surface area contributed by atoms with E-state index in [9.17, 15) is 19.5 Å². The molecule has 0 bridgehead atoms. The summed E-state index contributed by atoms with van der Waals surface area (Å²) in [5.74, 6) is -4.27. The molecule has 10 heteroatoms. The van der Waals surface area contributed by atoms with E-state index in [1.54, 1.807) is 36.4 Å². The number of phenolic OH excluding ortho intramolecular Hbond substituents is 1. The number of halogens is 1. The number of ether oxygens (including phenoxy) is 1. The van der Waals surface area contributed by atoms with Crippen molar-refractivity contribution in [2.24, 2.45) is 23.7 Å². The van der Waals surface area contributed by atoms with Crippen LogP contribution in [-0.2, 0) is 31.1 Å². The first-order chi connectivity index (χ1) is 23.2. The van der Waals surface area contributed by atoms with Gasteiger partial charge in [-0.1, -0.05) is 71.8 Å². The maximum Gasteiger partial charge on any atom is 0.246 e. The molecular formula is C38H31ClN2O6S. The number of fused-ring (bicyclic) bond motifs is 4. The van der Waals surface area contributed by atoms with Crippen molar-refractivity contribution in [2.45, 2.75) is 30.7 Å². The van der Waals surface area contributed by atoms with Crippen LogP contribution in [0.3, 0.4) is 0 Å². The van der Waals surface area contributed by atoms with Gasteiger partial charge in [-0.2, -0.15) is 0 Å². The Morgan fingerprint density at radius 3 is 2.46 bits per heavy atom. The van der Waals surface area contributed by atoms with Gasteiger partial charge in [0.25, 0.3) is 0 Å². The standard InChI is InChI=1S/C38H31ClN2O6S/c1-47-31-18-24(42)12-13-27(31)33-26-14-15-28-32(36(45)40(34(28)43)20-25-11-6-16-48-25)29(26)19-30-35(44)41(23-10-5-9-22(39)17-23)37(46)38(30,33)21-7-3-2-4-8-21/h2-14,16-18,28-30,32-33,42H,15,19-20H2,1H3. The van der Waals surface area contributed by atoms with Crippen molar-refractivity contribution in [3.05, 3.63) is 123 Å². The highest BCUT2D eigenvalue weighted by Gasteiger charge is 2.70. The Bertz CT molecular complexity index is 2010. The van der Waals surface area contributed by atoms with Crippen molar-refractivity contribution in [1.29, 1.82) is 0 Å². The number of hydrogen-bond donors (Lipinski definition) is 1. The maximum atomic E-state index is 15.3. The predicted octanol–water partition coefficient (Wildman–Crippen LogP) is 6.48. The molecule has 6 unspecified atom stereocenters. The number of thiophene rings is 1. The molecule has 3 fully saturated rings. The molecule has 0 radical (unpaired) electrons. The van der Waals surface area contributed by atoms with Crippen LogP contribution in [0.15, 0.2) is 102 Å². The molecule has 3 heterocycles. The van der Waals surface area contributed by atoms with E-state index in [2.05, 4.69) is 0 Å². The number of aromatic hydroxyl groups is 1. The lowest BCUT2D eigenvalue weighted by atomic mass is 9.49. The third kappa shape index (κ3) is 4.33. The topological polar surface area (TPSA) is 104 Å². The molecule has 1 aromatic heterocycles. The molecule has 0 spiro atoms. The number of carbonyl (C=O) groups excluding carboxylic acids is 4. The fourth-order valence-corrected chi connectivity index (χ4v) is 9.68. The molecule has 48 heavy (non-hydrogen) atoms. The van der Waals surface area contributed by atoms with Gasteiger partial charge in [0.1, 0.15) is 11.5 Å². The Balaban J connectivity index is 1.36. The summed E-state index contributed by atoms with van der Waals surface area (Å²) in [6.45, 7) is 0.205. The van der Waals surface area contributed by atoms with Crippen molar-refractivity contribution in [3.8, 4) is 11.5 Å². The van der Waals surface area contributed by atoms with E-state index in [4.69, 9.17) is 16.3 Å². The van der Waals surface area contributed by atoms with Gasteiger partial charge in [0.2, 0.25) is 23.6 Å². The Morgan fingerprint density at radius 2 is 1.73 bits per heavy atom. The van der Waals surface area contributed by atoms with Crippen LogP contribution in [-0.4, -0.2) is 40.7 Å². The molecule has 2 aliphatic carbocycles. The van der Waals surface area contributed by atoms with Crippen molar-refractivity contribution >= 4 is 52.3 Å². The first kappa shape index (κ1) is 30.6. The van der Waals surface area contributed by atoms with Crippen LogP contribution in [0.4, 0.5) is 5.69 Å². The predicted molar refractivity (Wildman–Crippen MR) is 181 cm³/mol. The SMILES string of the molecule is COc1cc(O)ccc1C1C2=CCC3C(=O)N(Cc4cccs4)C(=O)C3C2CC2C(=O)N(c3cccc(Cl)c3)C(=O)C21c1ccccc1. The number of carbonyl (C=O) groups is 4. The number of likely N-dealkylation sites (tertiary alicyclic amines) is 1. The highest BCUT2D eigenvalue weighted by molar-refractivity contribution is 7.09. The van der Waals surface area contributed by atoms with Crippen LogP contribution in [0.1, 0.15) is 34.8 Å². The molecule has 8 rings (SSSR count). The summed E-state index contributed by atoms with van der Waals surface area (Å²) in [5.41, 5.74) is 1.03. The van der Waals surface area contributed by atoms with E-state index >= 15 is 4.79 Å². The zero-order valence-corrected chi connectivity index (χ0v) is 27.5. The number of imide groups is 2. The fraction of sp³-hybridized carbons (Fsp3) is 0.263. The van der Waals surface area contributed by atoms with Gasteiger partial charge < -0.3 is 9.84 Å². The molecule has 6 atom stereocenters. The summed E-state index contributed by atoms with van der Waals surface area (Å²) in [7, 11) is 1.50. The number of methoxy groups -OCH3 is 1. The minimum absolute atomic E-state index is 0.0128. The van der Waals surface area contributed by atoms with Crippen molar-refractivity contribution in [1.82, 2.24) is 4.90 Å². The average molecular weight is 679 g/mol. The van der Waals surface area contributed by atoms with Crippen LogP contribution < -0.4 is 9.64 Å². The molecule has 4 aliphatic rings. The lowest BCUT2D eigenvalue weighted by molar-refractivity contribution is -0.141. The highest BCUT2D eigenvalue weighted by Crippen LogP contribution is 2.65. The number of phenols is 1. The minimum atomic E-state index is -1.43. The summed E-state index contributed by atoms with van der Waals surface area (Å²) in [5, 5.41) is 12.8. The highest BCUT2D eigenvalue weighted by atomic mass is 35.5. The first-order valence-electron chi connectivity index (χ1n) is 15.9. The lowest BCUT2D eigenvalue weighted by Gasteiger charge is -2.51. The van der Waals surface area contributed by atoms with Gasteiger partial charge in [-0.05, 0) is 60.0 Å². The quantitative estimate of drug-likeness (QED) is 0.185. The summed E-state index contributed by atoms with van der Waals surface area (Å²) in [4.78, 5) is 61.8. The van der Waals surface area contributed by atoms with Crippen molar-refractivity contribution < 1.29 is 29.0 Å². The Morgan fingerprint density at radius 1 is 0.917 bits per heavy atom. The summed E-state index contributed by atoms with van der Waals surface area (Å²) in [6.07, 6.45) is 2.55. The van der Waals surface area contributed by atoms with E-state index in [1.807, 2.05) is 53.9 Å². The van der Waals surface area contributed by atoms with E-state index in [1.165, 1.54) is 34.3 Å². The van der Waals surface area contributed by atoms with Gasteiger partial charge in [0.05, 0.1) is 42.5 Å². The molecule has 8 nitrogen and oxygen atoms in total. The second kappa shape index (κ2) is 11.5. The molecule has 1 saturated carbocycles. The number of allylic oxidation sites excluding steroid dienone is 2. The van der Waals surface area contributed by atoms with Gasteiger partial charge in [0.15, 0.2) is 0 Å². The summed E-state index contributed by atoms with van der Waals surface area (Å²) >= 11 is 7.88. The second-order valence-corrected chi connectivity index (χ2v) is 14.3. The number of anilines is 1. The molecule has 4 amide bonds. The Hall–Kier alpha value is -4.73. The summed E-state index contributed by atoms with van der Waals surface area (Å²) < 4.78 is 5.84. The normalized spacial score (nSPS) is 27.9. The molecule has 242 valence electrons. The van der Waals surface area contributed by atoms with Crippen LogP contribution in [0.5, 0.6) is 11.5 Å². The average Bonchev–Trinajstić information content (AvgIpc) is 3.76. The van der Waals surface area contributed by atoms with E-state index in [0.717, 1.165) is 10.5 Å². The zero-order valence-electron chi connectivity index (χ0n) is 25.9. The molecular weight excluding hydrogens is 648 g/mol. The largest absolute Gasteiger partial charge is 0.508 e. The molecule has 4 aromatic rings. The molecule has 1 N–H and O–H groups in total. The smallest absolute Gasteiger partial charge is 0.246 e. The Kier molecular flexibility index (Phi) is 7.30. The van der Waals surface area contributed by atoms with Gasteiger partial charge in [-0.15, -0.1) is 11.3 Å². The number of amides is 4. The summed E-state index contributed by atoms with van der Waals surface area (Å²) in [6, 6.07) is 24.6. The second-order valence-electron chi connectivity index (χ2n) is 12.9. The van der Waals surface area contributed by atoms with Crippen LogP contribution >= 0.6 is 22.9 Å². The van der Waals surface area contributed by atoms with Crippen LogP contribution in [0.2, 0.25) is 5.02 Å². The third-order valence-electron chi connectivity index (χ3n) is 10.7. The van der Waals surface area contributed by atoms with Crippen molar-refractivity contribution in [2.75, 3.05) is 12.0 Å². The Labute approximate surface area is 286 Å². The maximum absolute atomic E-state index is 15.3. The fourth-order valence-electron chi connectivity index (χ4n) is 8.81. The van der Waals surface area contributed by atoms with E-state index in [0.29, 0.717) is 34.0 Å². The molecule has 2 saturated heterocycles. The lowest BCUT2D eigenvalue weighted by Crippen LogP contribution is -2.53. The van der Waals surface area contributed by atoms with Crippen LogP contribution in [0.25, 0.3) is 0 Å². The van der Waals surface area contributed by atoms with Gasteiger partial charge in [-0.3, -0.25) is 24.1 Å². The van der Waals surface area contributed by atoms with Crippen LogP contribution in [0, 0.1) is 23.7 Å². The molecule has 3 aromatic carbocycles. The first-order valence-corrected chi connectivity index (χ1v) is 17.1. The molecule has 2 aliphatic heterocycles. The minimum Gasteiger partial charge on any atom is -0.508 e. The number of rotatable bonds is 6.